The summed E-state index contributed by atoms with van der Waals surface area (Å²) in [5, 5.41) is 11.0. The van der Waals surface area contributed by atoms with Crippen molar-refractivity contribution in [3.63, 3.8) is 0 Å². The Morgan fingerprint density at radius 3 is 2.28 bits per heavy atom. The van der Waals surface area contributed by atoms with Crippen LogP contribution in [0, 0.1) is 5.92 Å². The van der Waals surface area contributed by atoms with Crippen molar-refractivity contribution in [3.05, 3.63) is 102 Å². The fourth-order valence-electron chi connectivity index (χ4n) is 8.09. The summed E-state index contributed by atoms with van der Waals surface area (Å²) in [5.74, 6) is -2.41. The molecular formula is C42H51BN6O8. The van der Waals surface area contributed by atoms with Gasteiger partial charge in [0.1, 0.15) is 30.6 Å². The van der Waals surface area contributed by atoms with Crippen LogP contribution in [0.4, 0.5) is 0 Å². The molecule has 14 nitrogen and oxygen atoms in total. The zero-order chi connectivity index (χ0) is 40.8. The van der Waals surface area contributed by atoms with Crippen LogP contribution in [0.15, 0.2) is 85.3 Å². The first-order valence-corrected chi connectivity index (χ1v) is 19.5. The van der Waals surface area contributed by atoms with Crippen molar-refractivity contribution in [2.75, 3.05) is 33.3 Å². The molecule has 3 aromatic carbocycles. The van der Waals surface area contributed by atoms with Crippen LogP contribution in [0.2, 0.25) is 0 Å². The lowest BCUT2D eigenvalue weighted by Crippen LogP contribution is -2.73. The average molecular weight is 779 g/mol. The number of carbonyl (C=O) groups is 5. The number of quaternary nitrogens is 1. The Hall–Kier alpha value is -5.83. The van der Waals surface area contributed by atoms with Crippen molar-refractivity contribution in [3.8, 4) is 5.75 Å². The van der Waals surface area contributed by atoms with Crippen molar-refractivity contribution < 1.29 is 42.4 Å². The predicted octanol–water partition coefficient (Wildman–Crippen LogP) is 3.79. The number of fused-ring (bicyclic) bond motifs is 2. The number of amides is 3. The smallest absolute Gasteiger partial charge is 0.599 e. The van der Waals surface area contributed by atoms with Crippen molar-refractivity contribution in [2.24, 2.45) is 5.92 Å². The summed E-state index contributed by atoms with van der Waals surface area (Å²) in [4.78, 5) is 75.5. The molecule has 0 spiro atoms. The molecule has 1 aromatic heterocycles. The van der Waals surface area contributed by atoms with Crippen LogP contribution >= 0.6 is 0 Å². The highest BCUT2D eigenvalue weighted by atomic mass is 16.7. The number of hydrogen-bond acceptors (Lipinski definition) is 10. The Bertz CT molecular complexity index is 2100. The lowest BCUT2D eigenvalue weighted by Gasteiger charge is -2.48. The summed E-state index contributed by atoms with van der Waals surface area (Å²) in [5.41, 5.74) is 0.915. The van der Waals surface area contributed by atoms with Crippen LogP contribution < -0.4 is 20.7 Å². The highest BCUT2D eigenvalue weighted by Crippen LogP contribution is 2.40. The van der Waals surface area contributed by atoms with Crippen LogP contribution in [-0.4, -0.2) is 96.0 Å². The highest BCUT2D eigenvalue weighted by Gasteiger charge is 2.70. The number of hydrogen-bond donors (Lipinski definition) is 3. The summed E-state index contributed by atoms with van der Waals surface area (Å²) >= 11 is 0. The van der Waals surface area contributed by atoms with Crippen molar-refractivity contribution in [1.29, 1.82) is 0 Å². The van der Waals surface area contributed by atoms with Crippen LogP contribution in [-0.2, 0) is 40.3 Å². The van der Waals surface area contributed by atoms with Gasteiger partial charge in [-0.15, -0.1) is 0 Å². The Balaban J connectivity index is 1.15. The van der Waals surface area contributed by atoms with Gasteiger partial charge in [0.05, 0.1) is 24.7 Å². The first-order valence-electron chi connectivity index (χ1n) is 19.5. The molecule has 0 saturated carbocycles. The van der Waals surface area contributed by atoms with E-state index in [1.54, 1.807) is 7.11 Å². The third kappa shape index (κ3) is 8.93. The monoisotopic (exact) mass is 778 g/mol. The van der Waals surface area contributed by atoms with E-state index in [0.717, 1.165) is 27.6 Å². The number of nitrogens with one attached hydrogen (secondary N) is 3. The quantitative estimate of drug-likeness (QED) is 0.106. The van der Waals surface area contributed by atoms with Gasteiger partial charge in [-0.2, -0.15) is 0 Å². The van der Waals surface area contributed by atoms with Gasteiger partial charge in [-0.1, -0.05) is 68.4 Å². The van der Waals surface area contributed by atoms with E-state index in [1.165, 1.54) is 18.6 Å². The van der Waals surface area contributed by atoms with Gasteiger partial charge in [-0.05, 0) is 73.1 Å². The minimum Gasteiger partial charge on any atom is -0.599 e. The van der Waals surface area contributed by atoms with Crippen molar-refractivity contribution in [1.82, 2.24) is 25.9 Å². The van der Waals surface area contributed by atoms with E-state index in [4.69, 9.17) is 14.0 Å². The fourth-order valence-corrected chi connectivity index (χ4v) is 8.09. The van der Waals surface area contributed by atoms with E-state index in [0.29, 0.717) is 32.4 Å². The standard InChI is InChI=1S/C42H51BN6O8/c1-28(2)21-36(48-39(52)34(22-29-11-7-6-8-12-29)47-40(53)35-25-44-18-19-45-35)43-49(26-37(50)56-43,27-38(51)57-43)20-10-9-17-46-41(54)42(3,4)32-15-13-31-24-33(55-5)16-14-30(31)23-32/h6-8,11-16,18-19,23-25,28,34,36H,9-10,17,20-22,26-27H2,1-5H3,(H,46,54)(H,47,53)(H,48,52)/t34-,36-,43?,49?/m0/s1. The van der Waals surface area contributed by atoms with Gasteiger partial charge in [0.25, 0.3) is 5.91 Å². The Kier molecular flexibility index (Phi) is 12.3. The molecule has 0 radical (unpaired) electrons. The Labute approximate surface area is 332 Å². The van der Waals surface area contributed by atoms with Crippen LogP contribution in [0.25, 0.3) is 10.8 Å². The number of aromatic nitrogens is 2. The van der Waals surface area contributed by atoms with E-state index < -0.39 is 47.8 Å². The third-order valence-electron chi connectivity index (χ3n) is 11.2. The molecule has 2 saturated heterocycles. The van der Waals surface area contributed by atoms with E-state index in [9.17, 15) is 24.0 Å². The molecular weight excluding hydrogens is 727 g/mol. The van der Waals surface area contributed by atoms with E-state index in [2.05, 4.69) is 25.9 Å². The zero-order valence-electron chi connectivity index (χ0n) is 33.2. The summed E-state index contributed by atoms with van der Waals surface area (Å²) in [7, 11) is 1.63. The molecule has 2 fully saturated rings. The molecule has 3 heterocycles. The molecule has 0 bridgehead atoms. The summed E-state index contributed by atoms with van der Waals surface area (Å²) in [6.07, 6.45) is 5.72. The molecule has 6 rings (SSSR count). The maximum atomic E-state index is 14.3. The molecule has 4 aromatic rings. The lowest BCUT2D eigenvalue weighted by molar-refractivity contribution is -0.816. The van der Waals surface area contributed by atoms with Crippen molar-refractivity contribution >= 4 is 47.1 Å². The first kappa shape index (κ1) is 40.8. The SMILES string of the molecule is COc1ccc2cc(C(C)(C)C(=O)NCCCC[N+]34CC(=O)O[B-]3([C@H](CC(C)C)NC(=O)[C@H](Cc3ccccc3)NC(=O)c3cnccn3)OC(=O)C4)ccc2c1. The fraction of sp³-hybridized carbons (Fsp3) is 0.405. The largest absolute Gasteiger partial charge is 0.605 e. The number of unbranched alkanes of at least 4 members (excludes halogenated alkanes) is 1. The number of benzene rings is 3. The van der Waals surface area contributed by atoms with Gasteiger partial charge in [0.2, 0.25) is 11.8 Å². The Morgan fingerprint density at radius 2 is 1.61 bits per heavy atom. The molecule has 15 heteroatoms. The summed E-state index contributed by atoms with van der Waals surface area (Å²) in [6, 6.07) is 20.0. The van der Waals surface area contributed by atoms with E-state index >= 15 is 0 Å². The summed E-state index contributed by atoms with van der Waals surface area (Å²) < 4.78 is 17.3. The number of rotatable bonds is 17. The lowest BCUT2D eigenvalue weighted by atomic mass is 9.57. The number of methoxy groups -OCH3 is 1. The maximum absolute atomic E-state index is 14.3. The maximum Gasteiger partial charge on any atom is 0.605 e. The molecule has 2 aliphatic rings. The Morgan fingerprint density at radius 1 is 0.912 bits per heavy atom. The predicted molar refractivity (Wildman–Crippen MR) is 213 cm³/mol. The van der Waals surface area contributed by atoms with Crippen molar-refractivity contribution in [2.45, 2.75) is 70.8 Å². The third-order valence-corrected chi connectivity index (χ3v) is 11.2. The molecule has 3 N–H and O–H groups in total. The second-order valence-electron chi connectivity index (χ2n) is 16.0. The molecule has 300 valence electrons. The normalized spacial score (nSPS) is 20.0. The molecule has 2 atom stereocenters. The number of nitrogens with zero attached hydrogens (tertiary/aromatic N) is 3. The molecule has 3 amide bonds. The number of ether oxygens (including phenoxy) is 1. The van der Waals surface area contributed by atoms with Gasteiger partial charge < -0.3 is 34.4 Å². The zero-order valence-corrected chi connectivity index (χ0v) is 33.2. The highest BCUT2D eigenvalue weighted by molar-refractivity contribution is 6.68. The topological polar surface area (TPSA) is 175 Å². The minimum absolute atomic E-state index is 0.00203. The van der Waals surface area contributed by atoms with E-state index in [1.807, 2.05) is 94.4 Å². The first-order chi connectivity index (χ1) is 27.2. The molecule has 0 aliphatic carbocycles. The molecule has 57 heavy (non-hydrogen) atoms. The second-order valence-corrected chi connectivity index (χ2v) is 16.0. The van der Waals surface area contributed by atoms with E-state index in [-0.39, 0.29) is 41.4 Å². The van der Waals surface area contributed by atoms with Gasteiger partial charge in [-0.25, -0.2) is 4.98 Å². The van der Waals surface area contributed by atoms with Gasteiger partial charge in [-0.3, -0.25) is 29.0 Å². The molecule has 0 unspecified atom stereocenters. The van der Waals surface area contributed by atoms with Gasteiger partial charge in [0, 0.05) is 31.9 Å². The van der Waals surface area contributed by atoms with Gasteiger partial charge in [0.15, 0.2) is 0 Å². The molecule has 2 aliphatic heterocycles. The summed E-state index contributed by atoms with van der Waals surface area (Å²) in [6.45, 7) is 5.47. The second kappa shape index (κ2) is 17.1. The minimum atomic E-state index is -2.74. The van der Waals surface area contributed by atoms with Crippen LogP contribution in [0.3, 0.4) is 0 Å². The van der Waals surface area contributed by atoms with Gasteiger partial charge >= 0.3 is 18.6 Å². The van der Waals surface area contributed by atoms with Crippen LogP contribution in [0.1, 0.15) is 68.6 Å². The number of carbonyl (C=O) groups excluding carboxylic acids is 5. The van der Waals surface area contributed by atoms with Crippen LogP contribution in [0.5, 0.6) is 5.75 Å². The average Bonchev–Trinajstić information content (AvgIpc) is 3.62.